The van der Waals surface area contributed by atoms with Crippen LogP contribution >= 0.6 is 0 Å². The molecule has 0 unspecified atom stereocenters. The van der Waals surface area contributed by atoms with Crippen molar-refractivity contribution in [3.63, 3.8) is 0 Å². The van der Waals surface area contributed by atoms with Crippen LogP contribution in [0.3, 0.4) is 0 Å². The van der Waals surface area contributed by atoms with Crippen molar-refractivity contribution < 1.29 is 32.2 Å². The average molecular weight is 601 g/mol. The van der Waals surface area contributed by atoms with Gasteiger partial charge in [0.05, 0.1) is 13.2 Å². The number of nitrogens with zero attached hydrogens (tertiary/aromatic N) is 3. The van der Waals surface area contributed by atoms with E-state index in [4.69, 9.17) is 14.2 Å². The van der Waals surface area contributed by atoms with Gasteiger partial charge in [-0.15, -0.1) is 5.10 Å². The molecule has 0 saturated carbocycles. The molecular weight excluding hydrogens is 557 g/mol. The number of alkyl halides is 3. The lowest BCUT2D eigenvalue weighted by Gasteiger charge is -2.24. The van der Waals surface area contributed by atoms with E-state index in [9.17, 15) is 27.6 Å². The maximum absolute atomic E-state index is 13.0. The highest BCUT2D eigenvalue weighted by Crippen LogP contribution is 2.23. The maximum Gasteiger partial charge on any atom is 0.389 e. The minimum Gasteiger partial charge on any atom is -0.494 e. The second-order valence-electron chi connectivity index (χ2n) is 10.4. The lowest BCUT2D eigenvalue weighted by Crippen LogP contribution is -2.43. The summed E-state index contributed by atoms with van der Waals surface area (Å²) in [7, 11) is 0. The fourth-order valence-electron chi connectivity index (χ4n) is 4.03. The lowest BCUT2D eigenvalue weighted by molar-refractivity contribution is -0.158. The largest absolute Gasteiger partial charge is 0.494 e. The molecule has 0 aliphatic rings. The van der Waals surface area contributed by atoms with Gasteiger partial charge in [0.15, 0.2) is 5.60 Å². The van der Waals surface area contributed by atoms with E-state index in [1.807, 2.05) is 0 Å². The predicted molar refractivity (Wildman–Crippen MR) is 153 cm³/mol. The van der Waals surface area contributed by atoms with Crippen molar-refractivity contribution in [3.05, 3.63) is 45.1 Å². The Balaban J connectivity index is 1.96. The number of benzene rings is 1. The molecule has 0 bridgehead atoms. The van der Waals surface area contributed by atoms with Gasteiger partial charge in [0.2, 0.25) is 5.82 Å². The van der Waals surface area contributed by atoms with Crippen LogP contribution in [0.2, 0.25) is 0 Å². The van der Waals surface area contributed by atoms with E-state index >= 15 is 0 Å². The molecule has 0 amide bonds. The quantitative estimate of drug-likeness (QED) is 0.170. The lowest BCUT2D eigenvalue weighted by atomic mass is 10.1. The van der Waals surface area contributed by atoms with Gasteiger partial charge in [-0.3, -0.25) is 9.36 Å². The molecule has 1 aromatic carbocycles. The van der Waals surface area contributed by atoms with Crippen molar-refractivity contribution in [1.82, 2.24) is 14.3 Å². The SMILES string of the molecule is CCCCCCCn1c(=O)c(NCCCOc2ccc(OC(C)(C)C(=O)OCC)cc2)nn(CCCC(F)(F)F)c1=O. The van der Waals surface area contributed by atoms with Crippen molar-refractivity contribution in [1.29, 1.82) is 0 Å². The van der Waals surface area contributed by atoms with Crippen LogP contribution in [0.25, 0.3) is 0 Å². The molecule has 1 heterocycles. The van der Waals surface area contributed by atoms with E-state index in [-0.39, 0.29) is 38.5 Å². The summed E-state index contributed by atoms with van der Waals surface area (Å²) in [5.74, 6) is 0.488. The molecule has 0 spiro atoms. The Kier molecular flexibility index (Phi) is 13.9. The van der Waals surface area contributed by atoms with E-state index < -0.39 is 35.4 Å². The number of anilines is 1. The number of unbranched alkanes of at least 4 members (excludes halogenated alkanes) is 4. The standard InChI is InChI=1S/C29H43F3N4O6/c1-5-7-8-9-10-19-35-25(37)24(34-36(27(35)39)20-11-17-29(30,31)32)33-18-12-21-41-22-13-15-23(16-14-22)42-28(3,4)26(38)40-6-2/h13-16H,5-12,17-21H2,1-4H3,(H,33,34). The molecular formula is C29H43F3N4O6. The summed E-state index contributed by atoms with van der Waals surface area (Å²) in [4.78, 5) is 37.8. The summed E-state index contributed by atoms with van der Waals surface area (Å²) in [5, 5.41) is 6.94. The molecule has 42 heavy (non-hydrogen) atoms. The number of aryl methyl sites for hydroxylation is 1. The first kappa shape index (κ1) is 34.7. The second kappa shape index (κ2) is 16.8. The smallest absolute Gasteiger partial charge is 0.389 e. The van der Waals surface area contributed by atoms with Gasteiger partial charge in [-0.1, -0.05) is 32.6 Å². The number of hydrogen-bond acceptors (Lipinski definition) is 8. The molecule has 0 saturated heterocycles. The van der Waals surface area contributed by atoms with Crippen molar-refractivity contribution >= 4 is 11.8 Å². The molecule has 1 N–H and O–H groups in total. The number of nitrogens with one attached hydrogen (secondary N) is 1. The molecule has 2 aromatic rings. The van der Waals surface area contributed by atoms with Gasteiger partial charge < -0.3 is 19.5 Å². The van der Waals surface area contributed by atoms with Gasteiger partial charge in [0.25, 0.3) is 5.56 Å². The van der Waals surface area contributed by atoms with Gasteiger partial charge in [-0.2, -0.15) is 13.2 Å². The molecule has 0 radical (unpaired) electrons. The highest BCUT2D eigenvalue weighted by Gasteiger charge is 2.31. The molecule has 1 aromatic heterocycles. The van der Waals surface area contributed by atoms with Gasteiger partial charge in [-0.05, 0) is 64.3 Å². The fourth-order valence-corrected chi connectivity index (χ4v) is 4.03. The van der Waals surface area contributed by atoms with Crippen molar-refractivity contribution in [2.24, 2.45) is 0 Å². The summed E-state index contributed by atoms with van der Waals surface area (Å²) >= 11 is 0. The molecule has 0 atom stereocenters. The Morgan fingerprint density at radius 2 is 1.60 bits per heavy atom. The van der Waals surface area contributed by atoms with Gasteiger partial charge in [0, 0.05) is 26.1 Å². The van der Waals surface area contributed by atoms with Crippen LogP contribution < -0.4 is 26.0 Å². The number of aromatic nitrogens is 3. The molecule has 0 aliphatic heterocycles. The summed E-state index contributed by atoms with van der Waals surface area (Å²) in [6, 6.07) is 6.74. The first-order valence-electron chi connectivity index (χ1n) is 14.5. The zero-order valence-corrected chi connectivity index (χ0v) is 24.9. The molecule has 2 rings (SSSR count). The molecule has 0 aliphatic carbocycles. The van der Waals surface area contributed by atoms with E-state index in [0.717, 1.165) is 34.9 Å². The Labute approximate surface area is 244 Å². The summed E-state index contributed by atoms with van der Waals surface area (Å²) in [6.45, 7) is 7.80. The van der Waals surface area contributed by atoms with Crippen LogP contribution in [0.5, 0.6) is 11.5 Å². The van der Waals surface area contributed by atoms with E-state index in [2.05, 4.69) is 17.3 Å². The normalized spacial score (nSPS) is 11.8. The number of carbonyl (C=O) groups is 1. The van der Waals surface area contributed by atoms with Crippen molar-refractivity contribution in [2.75, 3.05) is 25.1 Å². The highest BCUT2D eigenvalue weighted by molar-refractivity contribution is 5.79. The third-order valence-electron chi connectivity index (χ3n) is 6.28. The Morgan fingerprint density at radius 3 is 2.24 bits per heavy atom. The second-order valence-corrected chi connectivity index (χ2v) is 10.4. The van der Waals surface area contributed by atoms with Gasteiger partial charge in [-0.25, -0.2) is 14.3 Å². The third kappa shape index (κ3) is 11.8. The number of ether oxygens (including phenoxy) is 3. The number of rotatable bonds is 19. The molecule has 13 heteroatoms. The molecule has 0 fully saturated rings. The fraction of sp³-hybridized carbons (Fsp3) is 0.655. The minimum atomic E-state index is -4.34. The van der Waals surface area contributed by atoms with Crippen LogP contribution in [0.4, 0.5) is 19.0 Å². The topological polar surface area (TPSA) is 114 Å². The van der Waals surface area contributed by atoms with E-state index in [0.29, 0.717) is 30.9 Å². The van der Waals surface area contributed by atoms with Crippen LogP contribution in [-0.4, -0.2) is 51.9 Å². The minimum absolute atomic E-state index is 0.0825. The highest BCUT2D eigenvalue weighted by atomic mass is 19.4. The Morgan fingerprint density at radius 1 is 0.929 bits per heavy atom. The van der Waals surface area contributed by atoms with Crippen LogP contribution in [0.15, 0.2) is 33.9 Å². The van der Waals surface area contributed by atoms with Crippen LogP contribution in [0.1, 0.15) is 79.1 Å². The number of halogens is 3. The predicted octanol–water partition coefficient (Wildman–Crippen LogP) is 5.32. The summed E-state index contributed by atoms with van der Waals surface area (Å²) < 4.78 is 56.4. The summed E-state index contributed by atoms with van der Waals surface area (Å²) in [5.41, 5.74) is -2.44. The Bertz CT molecular complexity index is 1230. The number of esters is 1. The first-order chi connectivity index (χ1) is 19.9. The zero-order valence-electron chi connectivity index (χ0n) is 24.9. The van der Waals surface area contributed by atoms with E-state index in [1.165, 1.54) is 0 Å². The number of carbonyl (C=O) groups excluding carboxylic acids is 1. The van der Waals surface area contributed by atoms with Crippen LogP contribution in [0, 0.1) is 0 Å². The van der Waals surface area contributed by atoms with Crippen molar-refractivity contribution in [3.8, 4) is 11.5 Å². The third-order valence-corrected chi connectivity index (χ3v) is 6.28. The molecule has 10 nitrogen and oxygen atoms in total. The number of hydrogen-bond donors (Lipinski definition) is 1. The summed E-state index contributed by atoms with van der Waals surface area (Å²) in [6.07, 6.45) is -0.712. The van der Waals surface area contributed by atoms with Gasteiger partial charge in [0.1, 0.15) is 11.5 Å². The Hall–Kier alpha value is -3.51. The van der Waals surface area contributed by atoms with E-state index in [1.54, 1.807) is 45.0 Å². The van der Waals surface area contributed by atoms with Gasteiger partial charge >= 0.3 is 17.8 Å². The molecule has 236 valence electrons. The average Bonchev–Trinajstić information content (AvgIpc) is 2.92. The van der Waals surface area contributed by atoms with Crippen LogP contribution in [-0.2, 0) is 22.6 Å². The zero-order chi connectivity index (χ0) is 31.2. The monoisotopic (exact) mass is 600 g/mol. The maximum atomic E-state index is 13.0. The van der Waals surface area contributed by atoms with Crippen molar-refractivity contribution in [2.45, 2.75) is 104 Å². The first-order valence-corrected chi connectivity index (χ1v) is 14.5.